The number of rotatable bonds is 6. The predicted octanol–water partition coefficient (Wildman–Crippen LogP) is 4.56. The molecule has 1 aromatic heterocycles. The van der Waals surface area contributed by atoms with Gasteiger partial charge < -0.3 is 4.74 Å². The number of carbonyl (C=O) groups excluding carboxylic acids is 1. The Bertz CT molecular complexity index is 1230. The van der Waals surface area contributed by atoms with Crippen molar-refractivity contribution in [1.29, 1.82) is 0 Å². The zero-order chi connectivity index (χ0) is 22.2. The van der Waals surface area contributed by atoms with E-state index in [2.05, 4.69) is 5.10 Å². The van der Waals surface area contributed by atoms with E-state index in [1.54, 1.807) is 33.0 Å². The van der Waals surface area contributed by atoms with Crippen molar-refractivity contribution in [2.75, 3.05) is 6.26 Å². The van der Waals surface area contributed by atoms with Crippen LogP contribution in [0, 0.1) is 13.8 Å². The molecular weight excluding hydrogens is 447 g/mol. The van der Waals surface area contributed by atoms with Gasteiger partial charge in [0.15, 0.2) is 9.84 Å². The SMILES string of the molecule is Cc1cc(C(=O)c2cnn(C)c2OCc2ccc(Cl)cc2)c(Cl)c(C)c1S(C)(=O)=O. The number of aryl methyl sites for hydroxylation is 2. The van der Waals surface area contributed by atoms with Crippen molar-refractivity contribution in [1.82, 2.24) is 9.78 Å². The van der Waals surface area contributed by atoms with E-state index in [0.717, 1.165) is 11.8 Å². The highest BCUT2D eigenvalue weighted by atomic mass is 35.5. The quantitative estimate of drug-likeness (QED) is 0.497. The Balaban J connectivity index is 1.98. The molecule has 0 saturated heterocycles. The summed E-state index contributed by atoms with van der Waals surface area (Å²) in [5, 5.41) is 4.85. The Hall–Kier alpha value is -2.35. The minimum Gasteiger partial charge on any atom is -0.472 e. The summed E-state index contributed by atoms with van der Waals surface area (Å²) in [5.74, 6) is -0.112. The van der Waals surface area contributed by atoms with Crippen molar-refractivity contribution in [3.8, 4) is 5.88 Å². The van der Waals surface area contributed by atoms with Crippen molar-refractivity contribution >= 4 is 38.8 Å². The fourth-order valence-electron chi connectivity index (χ4n) is 3.31. The van der Waals surface area contributed by atoms with Crippen LogP contribution in [0.4, 0.5) is 0 Å². The van der Waals surface area contributed by atoms with Gasteiger partial charge in [-0.1, -0.05) is 35.3 Å². The summed E-state index contributed by atoms with van der Waals surface area (Å²) < 4.78 is 31.5. The molecule has 0 N–H and O–H groups in total. The molecule has 158 valence electrons. The lowest BCUT2D eigenvalue weighted by atomic mass is 10.0. The summed E-state index contributed by atoms with van der Waals surface area (Å²) >= 11 is 12.3. The van der Waals surface area contributed by atoms with Gasteiger partial charge in [0.1, 0.15) is 12.2 Å². The first kappa shape index (κ1) is 22.3. The molecule has 3 rings (SSSR count). The topological polar surface area (TPSA) is 78.3 Å². The largest absolute Gasteiger partial charge is 0.472 e. The number of benzene rings is 2. The van der Waals surface area contributed by atoms with Crippen molar-refractivity contribution in [2.24, 2.45) is 7.05 Å². The van der Waals surface area contributed by atoms with Crippen LogP contribution in [-0.4, -0.2) is 30.2 Å². The number of carbonyl (C=O) groups is 1. The summed E-state index contributed by atoms with van der Waals surface area (Å²) in [6.07, 6.45) is 2.52. The summed E-state index contributed by atoms with van der Waals surface area (Å²) in [7, 11) is -1.82. The number of aromatic nitrogens is 2. The molecule has 6 nitrogen and oxygen atoms in total. The van der Waals surface area contributed by atoms with E-state index in [1.807, 2.05) is 12.1 Å². The summed E-state index contributed by atoms with van der Waals surface area (Å²) in [4.78, 5) is 13.4. The second-order valence-electron chi connectivity index (χ2n) is 7.01. The smallest absolute Gasteiger partial charge is 0.223 e. The first-order valence-corrected chi connectivity index (χ1v) is 11.6. The zero-order valence-electron chi connectivity index (χ0n) is 16.9. The molecule has 2 aromatic carbocycles. The maximum atomic E-state index is 13.2. The van der Waals surface area contributed by atoms with Crippen molar-refractivity contribution < 1.29 is 17.9 Å². The number of ether oxygens (including phenoxy) is 1. The highest BCUT2D eigenvalue weighted by Gasteiger charge is 2.26. The average Bonchev–Trinajstić information content (AvgIpc) is 3.03. The second-order valence-corrected chi connectivity index (χ2v) is 9.78. The Morgan fingerprint density at radius 2 is 1.77 bits per heavy atom. The molecule has 0 saturated carbocycles. The van der Waals surface area contributed by atoms with Crippen LogP contribution in [0.1, 0.15) is 32.6 Å². The van der Waals surface area contributed by atoms with Crippen molar-refractivity contribution in [3.05, 3.63) is 74.4 Å². The molecule has 3 aromatic rings. The van der Waals surface area contributed by atoms with Crippen LogP contribution in [0.5, 0.6) is 5.88 Å². The van der Waals surface area contributed by atoms with Gasteiger partial charge >= 0.3 is 0 Å². The molecule has 0 aliphatic carbocycles. The Morgan fingerprint density at radius 3 is 2.37 bits per heavy atom. The molecule has 0 unspecified atom stereocenters. The zero-order valence-corrected chi connectivity index (χ0v) is 19.2. The van der Waals surface area contributed by atoms with E-state index < -0.39 is 15.6 Å². The fourth-order valence-corrected chi connectivity index (χ4v) is 5.03. The molecule has 0 atom stereocenters. The molecule has 9 heteroatoms. The molecule has 1 heterocycles. The van der Waals surface area contributed by atoms with E-state index in [9.17, 15) is 13.2 Å². The normalized spacial score (nSPS) is 11.5. The van der Waals surface area contributed by atoms with Crippen molar-refractivity contribution in [2.45, 2.75) is 25.3 Å². The van der Waals surface area contributed by atoms with E-state index in [4.69, 9.17) is 27.9 Å². The minimum absolute atomic E-state index is 0.0959. The average molecular weight is 467 g/mol. The highest BCUT2D eigenvalue weighted by molar-refractivity contribution is 7.90. The van der Waals surface area contributed by atoms with Gasteiger partial charge in [0.05, 0.1) is 16.1 Å². The van der Waals surface area contributed by atoms with Gasteiger partial charge in [-0.05, 0) is 48.7 Å². The lowest BCUT2D eigenvalue weighted by Gasteiger charge is -2.14. The van der Waals surface area contributed by atoms with Crippen LogP contribution in [0.25, 0.3) is 0 Å². The summed E-state index contributed by atoms with van der Waals surface area (Å²) in [6.45, 7) is 3.44. The molecule has 0 spiro atoms. The highest BCUT2D eigenvalue weighted by Crippen LogP contribution is 2.33. The monoisotopic (exact) mass is 466 g/mol. The van der Waals surface area contributed by atoms with Crippen LogP contribution < -0.4 is 4.74 Å². The van der Waals surface area contributed by atoms with Gasteiger partial charge in [-0.3, -0.25) is 4.79 Å². The Kier molecular flexibility index (Phi) is 6.26. The van der Waals surface area contributed by atoms with Gasteiger partial charge in [-0.2, -0.15) is 5.10 Å². The molecule has 0 aliphatic rings. The fraction of sp³-hybridized carbons (Fsp3) is 0.238. The second kappa shape index (κ2) is 8.41. The van der Waals surface area contributed by atoms with E-state index in [0.29, 0.717) is 16.1 Å². The maximum Gasteiger partial charge on any atom is 0.223 e. The maximum absolute atomic E-state index is 13.2. The van der Waals surface area contributed by atoms with E-state index in [1.165, 1.54) is 16.9 Å². The summed E-state index contributed by atoms with van der Waals surface area (Å²) in [6, 6.07) is 8.65. The number of nitrogens with zero attached hydrogens (tertiary/aromatic N) is 2. The molecule has 30 heavy (non-hydrogen) atoms. The molecular formula is C21H20Cl2N2O4S. The summed E-state index contributed by atoms with van der Waals surface area (Å²) in [5.41, 5.74) is 2.11. The minimum atomic E-state index is -3.49. The molecule has 0 radical (unpaired) electrons. The number of sulfone groups is 1. The van der Waals surface area contributed by atoms with Crippen LogP contribution in [0.15, 0.2) is 41.4 Å². The van der Waals surface area contributed by atoms with Crippen LogP contribution >= 0.6 is 23.2 Å². The van der Waals surface area contributed by atoms with Gasteiger partial charge in [0.2, 0.25) is 11.7 Å². The van der Waals surface area contributed by atoms with Gasteiger partial charge in [0, 0.05) is 23.9 Å². The third-order valence-electron chi connectivity index (χ3n) is 4.66. The molecule has 0 amide bonds. The Morgan fingerprint density at radius 1 is 1.13 bits per heavy atom. The first-order valence-electron chi connectivity index (χ1n) is 8.94. The number of hydrogen-bond donors (Lipinski definition) is 0. The number of hydrogen-bond acceptors (Lipinski definition) is 5. The van der Waals surface area contributed by atoms with Gasteiger partial charge in [-0.15, -0.1) is 0 Å². The van der Waals surface area contributed by atoms with Gasteiger partial charge in [-0.25, -0.2) is 13.1 Å². The lowest BCUT2D eigenvalue weighted by Crippen LogP contribution is -2.11. The molecule has 0 bridgehead atoms. The molecule has 0 aliphatic heterocycles. The predicted molar refractivity (Wildman–Crippen MR) is 116 cm³/mol. The standard InChI is InChI=1S/C21H20Cl2N2O4S/c1-12-9-16(18(23)13(2)20(12)30(4,27)28)19(26)17-10-24-25(3)21(17)29-11-14-5-7-15(22)8-6-14/h5-10H,11H2,1-4H3. The van der Waals surface area contributed by atoms with Gasteiger partial charge in [0.25, 0.3) is 0 Å². The van der Waals surface area contributed by atoms with Crippen LogP contribution in [0.2, 0.25) is 10.0 Å². The number of ketones is 1. The number of halogens is 2. The van der Waals surface area contributed by atoms with E-state index >= 15 is 0 Å². The third kappa shape index (κ3) is 4.38. The Labute approximate surface area is 185 Å². The van der Waals surface area contributed by atoms with Crippen LogP contribution in [-0.2, 0) is 23.5 Å². The van der Waals surface area contributed by atoms with Crippen LogP contribution in [0.3, 0.4) is 0 Å². The molecule has 0 fully saturated rings. The lowest BCUT2D eigenvalue weighted by molar-refractivity contribution is 0.103. The third-order valence-corrected chi connectivity index (χ3v) is 6.77. The van der Waals surface area contributed by atoms with E-state index in [-0.39, 0.29) is 33.5 Å². The first-order chi connectivity index (χ1) is 14.0. The van der Waals surface area contributed by atoms with Crippen molar-refractivity contribution in [3.63, 3.8) is 0 Å².